The Labute approximate surface area is 273 Å². The van der Waals surface area contributed by atoms with Crippen LogP contribution in [0.15, 0.2) is 0 Å². The Kier molecular flexibility index (Phi) is 30.8. The molecule has 0 saturated heterocycles. The van der Waals surface area contributed by atoms with Gasteiger partial charge in [-0.2, -0.15) is 0 Å². The Morgan fingerprint density at radius 2 is 0.778 bits per heavy atom. The van der Waals surface area contributed by atoms with Gasteiger partial charge in [0.2, 0.25) is 0 Å². The number of phosphoric ester groups is 1. The van der Waals surface area contributed by atoms with Gasteiger partial charge >= 0.3 is 19.8 Å². The van der Waals surface area contributed by atoms with Gasteiger partial charge in [0.05, 0.1) is 26.4 Å². The maximum atomic E-state index is 12.3. The molecule has 0 saturated carbocycles. The molecule has 10 nitrogen and oxygen atoms in total. The van der Waals surface area contributed by atoms with E-state index in [9.17, 15) is 29.3 Å². The van der Waals surface area contributed by atoms with Crippen LogP contribution in [0.4, 0.5) is 0 Å². The molecule has 3 atom stereocenters. The summed E-state index contributed by atoms with van der Waals surface area (Å²) < 4.78 is 32.3. The van der Waals surface area contributed by atoms with Gasteiger partial charge in [0, 0.05) is 12.8 Å². The van der Waals surface area contributed by atoms with E-state index in [-0.39, 0.29) is 12.8 Å². The molecule has 0 aromatic carbocycles. The summed E-state index contributed by atoms with van der Waals surface area (Å²) in [5, 5.41) is 19.0. The van der Waals surface area contributed by atoms with Crippen molar-refractivity contribution < 1.29 is 47.8 Å². The van der Waals surface area contributed by atoms with Gasteiger partial charge in [0.15, 0.2) is 0 Å². The van der Waals surface area contributed by atoms with E-state index in [1.165, 1.54) is 89.9 Å². The van der Waals surface area contributed by atoms with Gasteiger partial charge in [-0.25, -0.2) is 4.57 Å². The van der Waals surface area contributed by atoms with Gasteiger partial charge in [-0.3, -0.25) is 18.6 Å². The van der Waals surface area contributed by atoms with Crippen molar-refractivity contribution in [3.63, 3.8) is 0 Å². The second-order valence-electron chi connectivity index (χ2n) is 12.2. The smallest absolute Gasteiger partial charge is 0.457 e. The van der Waals surface area contributed by atoms with Crippen LogP contribution in [0.3, 0.4) is 0 Å². The van der Waals surface area contributed by atoms with Gasteiger partial charge in [0.1, 0.15) is 12.2 Å². The zero-order valence-electron chi connectivity index (χ0n) is 28.6. The number of carbonyl (C=O) groups is 2. The summed E-state index contributed by atoms with van der Waals surface area (Å²) in [6.45, 7) is 2.16. The molecule has 0 spiro atoms. The lowest BCUT2D eigenvalue weighted by atomic mass is 10.0. The molecule has 45 heavy (non-hydrogen) atoms. The third kappa shape index (κ3) is 30.1. The van der Waals surface area contributed by atoms with Crippen molar-refractivity contribution >= 4 is 19.8 Å². The highest BCUT2D eigenvalue weighted by Gasteiger charge is 2.27. The first-order valence-corrected chi connectivity index (χ1v) is 19.5. The summed E-state index contributed by atoms with van der Waals surface area (Å²) in [6.07, 6.45) is 23.8. The number of carbonyl (C=O) groups excluding carboxylic acids is 2. The van der Waals surface area contributed by atoms with Crippen molar-refractivity contribution in [3.8, 4) is 0 Å². The summed E-state index contributed by atoms with van der Waals surface area (Å²) in [5.41, 5.74) is 0. The van der Waals surface area contributed by atoms with Gasteiger partial charge in [0.25, 0.3) is 0 Å². The summed E-state index contributed by atoms with van der Waals surface area (Å²) >= 11 is 0. The van der Waals surface area contributed by atoms with Crippen LogP contribution in [0, 0.1) is 0 Å². The zero-order chi connectivity index (χ0) is 33.4. The summed E-state index contributed by atoms with van der Waals surface area (Å²) in [6, 6.07) is 0. The molecule has 3 unspecified atom stereocenters. The molecule has 0 heterocycles. The van der Waals surface area contributed by atoms with Crippen LogP contribution in [-0.4, -0.2) is 65.7 Å². The topological polar surface area (TPSA) is 149 Å². The molecule has 268 valence electrons. The van der Waals surface area contributed by atoms with Crippen molar-refractivity contribution in [2.75, 3.05) is 26.4 Å². The van der Waals surface area contributed by atoms with Crippen LogP contribution in [-0.2, 0) is 32.7 Å². The van der Waals surface area contributed by atoms with Crippen molar-refractivity contribution in [2.45, 2.75) is 180 Å². The minimum absolute atomic E-state index is 0.196. The summed E-state index contributed by atoms with van der Waals surface area (Å²) in [7, 11) is -4.61. The molecule has 0 aliphatic heterocycles. The van der Waals surface area contributed by atoms with Crippen molar-refractivity contribution in [1.82, 2.24) is 0 Å². The maximum Gasteiger partial charge on any atom is 0.472 e. The Morgan fingerprint density at radius 1 is 0.511 bits per heavy atom. The van der Waals surface area contributed by atoms with E-state index >= 15 is 0 Å². The Bertz CT molecular complexity index is 736. The fraction of sp³-hybridized carbons (Fsp3) is 0.941. The second-order valence-corrected chi connectivity index (χ2v) is 13.7. The fourth-order valence-electron chi connectivity index (χ4n) is 5.00. The standard InChI is InChI=1S/C34H67O10P/c1-3-5-7-9-11-13-14-15-16-17-18-20-22-24-26-34(38)44-32(28-36)30-42-45(39,40)41-29-31(27-35)43-33(37)25-23-21-19-12-10-8-6-4-2/h31-32,35-36H,3-30H2,1-2H3,(H,39,40). The monoisotopic (exact) mass is 666 g/mol. The molecular weight excluding hydrogens is 599 g/mol. The quantitative estimate of drug-likeness (QED) is 0.0348. The first-order chi connectivity index (χ1) is 21.8. The lowest BCUT2D eigenvalue weighted by Gasteiger charge is -2.20. The van der Waals surface area contributed by atoms with Gasteiger partial charge in [-0.1, -0.05) is 142 Å². The molecule has 0 rings (SSSR count). The van der Waals surface area contributed by atoms with E-state index in [1.54, 1.807) is 0 Å². The number of unbranched alkanes of at least 4 members (excludes halogenated alkanes) is 20. The molecule has 0 bridgehead atoms. The number of rotatable bonds is 34. The average molecular weight is 667 g/mol. The van der Waals surface area contributed by atoms with E-state index in [1.807, 2.05) is 0 Å². The third-order valence-corrected chi connectivity index (χ3v) is 8.77. The van der Waals surface area contributed by atoms with Crippen molar-refractivity contribution in [2.24, 2.45) is 0 Å². The molecule has 0 amide bonds. The number of hydrogen-bond donors (Lipinski definition) is 3. The van der Waals surface area contributed by atoms with Crippen molar-refractivity contribution in [3.05, 3.63) is 0 Å². The highest BCUT2D eigenvalue weighted by molar-refractivity contribution is 7.47. The summed E-state index contributed by atoms with van der Waals surface area (Å²) in [4.78, 5) is 34.2. The van der Waals surface area contributed by atoms with E-state index in [0.29, 0.717) is 12.8 Å². The molecule has 0 aliphatic carbocycles. The number of esters is 2. The molecule has 3 N–H and O–H groups in total. The van der Waals surface area contributed by atoms with E-state index in [4.69, 9.17) is 18.5 Å². The van der Waals surface area contributed by atoms with Crippen LogP contribution in [0.2, 0.25) is 0 Å². The Hall–Kier alpha value is -1.03. The van der Waals surface area contributed by atoms with Gasteiger partial charge < -0.3 is 24.6 Å². The normalized spacial score (nSPS) is 14.2. The number of ether oxygens (including phenoxy) is 2. The highest BCUT2D eigenvalue weighted by Crippen LogP contribution is 2.43. The van der Waals surface area contributed by atoms with Crippen LogP contribution in [0.5, 0.6) is 0 Å². The predicted octanol–water partition coefficient (Wildman–Crippen LogP) is 8.33. The van der Waals surface area contributed by atoms with E-state index in [0.717, 1.165) is 38.5 Å². The number of phosphoric acid groups is 1. The van der Waals surface area contributed by atoms with Crippen LogP contribution in [0.25, 0.3) is 0 Å². The molecule has 11 heteroatoms. The minimum Gasteiger partial charge on any atom is -0.457 e. The lowest BCUT2D eigenvalue weighted by molar-refractivity contribution is -0.153. The first-order valence-electron chi connectivity index (χ1n) is 18.0. The largest absolute Gasteiger partial charge is 0.472 e. The van der Waals surface area contributed by atoms with E-state index < -0.39 is 58.4 Å². The number of hydrogen-bond acceptors (Lipinski definition) is 9. The molecule has 0 aromatic rings. The van der Waals surface area contributed by atoms with Gasteiger partial charge in [-0.15, -0.1) is 0 Å². The zero-order valence-corrected chi connectivity index (χ0v) is 29.5. The average Bonchev–Trinajstić information content (AvgIpc) is 3.02. The molecule has 0 aromatic heterocycles. The maximum absolute atomic E-state index is 12.3. The number of aliphatic hydroxyl groups is 2. The first kappa shape index (κ1) is 44.0. The molecule has 0 radical (unpaired) electrons. The highest BCUT2D eigenvalue weighted by atomic mass is 31.2. The predicted molar refractivity (Wildman–Crippen MR) is 178 cm³/mol. The minimum atomic E-state index is -4.61. The second kappa shape index (κ2) is 31.6. The van der Waals surface area contributed by atoms with Crippen LogP contribution in [0.1, 0.15) is 168 Å². The third-order valence-electron chi connectivity index (χ3n) is 7.82. The summed E-state index contributed by atoms with van der Waals surface area (Å²) in [5.74, 6) is -1.02. The van der Waals surface area contributed by atoms with Gasteiger partial charge in [-0.05, 0) is 12.8 Å². The lowest BCUT2D eigenvalue weighted by Crippen LogP contribution is -2.28. The molecule has 0 fully saturated rings. The van der Waals surface area contributed by atoms with E-state index in [2.05, 4.69) is 13.8 Å². The molecule has 0 aliphatic rings. The van der Waals surface area contributed by atoms with Crippen LogP contribution >= 0.6 is 7.82 Å². The van der Waals surface area contributed by atoms with Crippen molar-refractivity contribution in [1.29, 1.82) is 0 Å². The Balaban J connectivity index is 3.97. The fourth-order valence-corrected chi connectivity index (χ4v) is 5.78. The Morgan fingerprint density at radius 3 is 1.04 bits per heavy atom. The molecular formula is C34H67O10P. The number of aliphatic hydroxyl groups excluding tert-OH is 2. The van der Waals surface area contributed by atoms with Crippen LogP contribution < -0.4 is 0 Å². The SMILES string of the molecule is CCCCCCCCCCCCCCCCC(=O)OC(CO)COP(=O)(O)OCC(CO)OC(=O)CCCCCCCCCC.